The standard InChI is InChI=1S/C13H12FN/c1-2-3-4-8-15-9-7-11-5-6-12(14)10-13(11)15/h5-7,9-10H,4,8H2,1H3. The van der Waals surface area contributed by atoms with E-state index in [2.05, 4.69) is 11.8 Å². The van der Waals surface area contributed by atoms with E-state index in [1.807, 2.05) is 23.8 Å². The summed E-state index contributed by atoms with van der Waals surface area (Å²) in [6, 6.07) is 6.84. The van der Waals surface area contributed by atoms with Crippen LogP contribution in [0.4, 0.5) is 4.39 Å². The van der Waals surface area contributed by atoms with E-state index < -0.39 is 0 Å². The minimum absolute atomic E-state index is 0.191. The molecular weight excluding hydrogens is 189 g/mol. The van der Waals surface area contributed by atoms with Gasteiger partial charge >= 0.3 is 0 Å². The van der Waals surface area contributed by atoms with Gasteiger partial charge in [-0.1, -0.05) is 0 Å². The lowest BCUT2D eigenvalue weighted by Crippen LogP contribution is -1.94. The molecule has 0 fully saturated rings. The lowest BCUT2D eigenvalue weighted by atomic mass is 10.2. The zero-order valence-corrected chi connectivity index (χ0v) is 8.63. The summed E-state index contributed by atoms with van der Waals surface area (Å²) in [6.07, 6.45) is 2.78. The van der Waals surface area contributed by atoms with Crippen LogP contribution < -0.4 is 0 Å². The molecule has 2 aromatic rings. The van der Waals surface area contributed by atoms with Crippen molar-refractivity contribution in [2.24, 2.45) is 0 Å². The Labute approximate surface area is 88.5 Å². The predicted octanol–water partition coefficient (Wildman–Crippen LogP) is 3.19. The van der Waals surface area contributed by atoms with Crippen LogP contribution in [-0.4, -0.2) is 4.57 Å². The summed E-state index contributed by atoms with van der Waals surface area (Å²) in [5.74, 6) is 5.66. The number of fused-ring (bicyclic) bond motifs is 1. The molecule has 0 saturated carbocycles. The van der Waals surface area contributed by atoms with Gasteiger partial charge in [-0.25, -0.2) is 4.39 Å². The maximum absolute atomic E-state index is 13.0. The van der Waals surface area contributed by atoms with Gasteiger partial charge in [0, 0.05) is 19.2 Å². The van der Waals surface area contributed by atoms with Gasteiger partial charge in [-0.2, -0.15) is 0 Å². The predicted molar refractivity (Wildman–Crippen MR) is 60.0 cm³/mol. The number of aromatic nitrogens is 1. The third-order valence-electron chi connectivity index (χ3n) is 2.39. The average molecular weight is 201 g/mol. The summed E-state index contributed by atoms with van der Waals surface area (Å²) in [5.41, 5.74) is 0.938. The van der Waals surface area contributed by atoms with Gasteiger partial charge in [0.2, 0.25) is 0 Å². The highest BCUT2D eigenvalue weighted by atomic mass is 19.1. The first-order valence-electron chi connectivity index (χ1n) is 4.95. The first kappa shape index (κ1) is 9.79. The molecule has 0 radical (unpaired) electrons. The molecule has 2 rings (SSSR count). The molecule has 0 aliphatic heterocycles. The quantitative estimate of drug-likeness (QED) is 0.657. The van der Waals surface area contributed by atoms with Gasteiger partial charge in [0.15, 0.2) is 0 Å². The van der Waals surface area contributed by atoms with E-state index in [1.165, 1.54) is 6.07 Å². The van der Waals surface area contributed by atoms with Gasteiger partial charge < -0.3 is 4.57 Å². The zero-order chi connectivity index (χ0) is 10.7. The van der Waals surface area contributed by atoms with Crippen LogP contribution in [0, 0.1) is 17.7 Å². The van der Waals surface area contributed by atoms with Gasteiger partial charge in [0.1, 0.15) is 5.82 Å². The highest BCUT2D eigenvalue weighted by Crippen LogP contribution is 2.17. The normalized spacial score (nSPS) is 10.0. The van der Waals surface area contributed by atoms with Crippen molar-refractivity contribution in [3.8, 4) is 11.8 Å². The average Bonchev–Trinajstić information content (AvgIpc) is 2.62. The van der Waals surface area contributed by atoms with Crippen molar-refractivity contribution in [3.05, 3.63) is 36.3 Å². The maximum atomic E-state index is 13.0. The maximum Gasteiger partial charge on any atom is 0.125 e. The van der Waals surface area contributed by atoms with Gasteiger partial charge in [-0.15, -0.1) is 11.8 Å². The Morgan fingerprint density at radius 2 is 2.20 bits per heavy atom. The van der Waals surface area contributed by atoms with Crippen molar-refractivity contribution in [2.45, 2.75) is 19.9 Å². The van der Waals surface area contributed by atoms with Crippen LogP contribution in [0.2, 0.25) is 0 Å². The van der Waals surface area contributed by atoms with Crippen molar-refractivity contribution in [1.29, 1.82) is 0 Å². The summed E-state index contributed by atoms with van der Waals surface area (Å²) < 4.78 is 15.1. The Bertz CT molecular complexity index is 528. The molecule has 76 valence electrons. The van der Waals surface area contributed by atoms with E-state index in [1.54, 1.807) is 12.1 Å². The van der Waals surface area contributed by atoms with Crippen LogP contribution in [-0.2, 0) is 6.54 Å². The van der Waals surface area contributed by atoms with E-state index in [4.69, 9.17) is 0 Å². The van der Waals surface area contributed by atoms with Gasteiger partial charge in [0.25, 0.3) is 0 Å². The molecule has 0 atom stereocenters. The van der Waals surface area contributed by atoms with Crippen molar-refractivity contribution in [3.63, 3.8) is 0 Å². The number of benzene rings is 1. The van der Waals surface area contributed by atoms with E-state index in [-0.39, 0.29) is 5.82 Å². The second kappa shape index (κ2) is 4.18. The lowest BCUT2D eigenvalue weighted by molar-refractivity contribution is 0.627. The molecule has 0 aliphatic carbocycles. The second-order valence-corrected chi connectivity index (χ2v) is 3.39. The van der Waals surface area contributed by atoms with Gasteiger partial charge in [-0.3, -0.25) is 0 Å². The SMILES string of the molecule is CC#CCCn1ccc2ccc(F)cc21. The molecule has 1 aromatic heterocycles. The lowest BCUT2D eigenvalue weighted by Gasteiger charge is -2.01. The summed E-state index contributed by atoms with van der Waals surface area (Å²) in [7, 11) is 0. The van der Waals surface area contributed by atoms with E-state index >= 15 is 0 Å². The Balaban J connectivity index is 2.33. The molecule has 0 saturated heterocycles. The Kier molecular flexibility index (Phi) is 2.73. The molecular formula is C13H12FN. The number of halogens is 1. The fourth-order valence-corrected chi connectivity index (χ4v) is 1.65. The minimum Gasteiger partial charge on any atom is -0.346 e. The molecule has 0 N–H and O–H groups in total. The number of hydrogen-bond acceptors (Lipinski definition) is 0. The molecule has 15 heavy (non-hydrogen) atoms. The number of hydrogen-bond donors (Lipinski definition) is 0. The third-order valence-corrected chi connectivity index (χ3v) is 2.39. The van der Waals surface area contributed by atoms with Crippen molar-refractivity contribution in [1.82, 2.24) is 4.57 Å². The molecule has 0 amide bonds. The second-order valence-electron chi connectivity index (χ2n) is 3.39. The third kappa shape index (κ3) is 2.02. The minimum atomic E-state index is -0.191. The summed E-state index contributed by atoms with van der Waals surface area (Å²) in [5, 5.41) is 1.07. The molecule has 0 bridgehead atoms. The van der Waals surface area contributed by atoms with Crippen LogP contribution in [0.15, 0.2) is 30.5 Å². The zero-order valence-electron chi connectivity index (χ0n) is 8.63. The monoisotopic (exact) mass is 201 g/mol. The molecule has 1 aromatic carbocycles. The van der Waals surface area contributed by atoms with E-state index in [9.17, 15) is 4.39 Å². The number of aryl methyl sites for hydroxylation is 1. The van der Waals surface area contributed by atoms with Crippen molar-refractivity contribution >= 4 is 10.9 Å². The molecule has 0 aliphatic rings. The van der Waals surface area contributed by atoms with Crippen LogP contribution in [0.25, 0.3) is 10.9 Å². The molecule has 0 unspecified atom stereocenters. The molecule has 2 heteroatoms. The summed E-state index contributed by atoms with van der Waals surface area (Å²) >= 11 is 0. The summed E-state index contributed by atoms with van der Waals surface area (Å²) in [6.45, 7) is 2.64. The molecule has 0 spiro atoms. The van der Waals surface area contributed by atoms with E-state index in [0.717, 1.165) is 23.9 Å². The first-order chi connectivity index (χ1) is 7.31. The van der Waals surface area contributed by atoms with E-state index in [0.29, 0.717) is 0 Å². The Morgan fingerprint density at radius 3 is 3.00 bits per heavy atom. The Morgan fingerprint density at radius 1 is 1.33 bits per heavy atom. The van der Waals surface area contributed by atoms with Crippen molar-refractivity contribution < 1.29 is 4.39 Å². The summed E-state index contributed by atoms with van der Waals surface area (Å²) in [4.78, 5) is 0. The Hall–Kier alpha value is -1.75. The van der Waals surface area contributed by atoms with Crippen LogP contribution in [0.5, 0.6) is 0 Å². The van der Waals surface area contributed by atoms with Crippen LogP contribution in [0.3, 0.4) is 0 Å². The van der Waals surface area contributed by atoms with Gasteiger partial charge in [0.05, 0.1) is 5.52 Å². The fourth-order valence-electron chi connectivity index (χ4n) is 1.65. The number of rotatable bonds is 2. The smallest absolute Gasteiger partial charge is 0.125 e. The highest BCUT2D eigenvalue weighted by molar-refractivity contribution is 5.80. The topological polar surface area (TPSA) is 4.93 Å². The van der Waals surface area contributed by atoms with Crippen molar-refractivity contribution in [2.75, 3.05) is 0 Å². The van der Waals surface area contributed by atoms with Crippen LogP contribution in [0.1, 0.15) is 13.3 Å². The fraction of sp³-hybridized carbons (Fsp3) is 0.231. The first-order valence-corrected chi connectivity index (χ1v) is 4.95. The molecule has 1 heterocycles. The molecule has 1 nitrogen and oxygen atoms in total. The number of nitrogens with zero attached hydrogens (tertiary/aromatic N) is 1. The highest BCUT2D eigenvalue weighted by Gasteiger charge is 2.01. The largest absolute Gasteiger partial charge is 0.346 e. The van der Waals surface area contributed by atoms with Crippen LogP contribution >= 0.6 is 0 Å². The van der Waals surface area contributed by atoms with Gasteiger partial charge in [-0.05, 0) is 36.6 Å².